The number of aryl methyl sites for hydroxylation is 1. The molecule has 1 aliphatic rings. The predicted molar refractivity (Wildman–Crippen MR) is 90.0 cm³/mol. The summed E-state index contributed by atoms with van der Waals surface area (Å²) in [6, 6.07) is 0.223. The Labute approximate surface area is 139 Å². The molecule has 1 fully saturated rings. The van der Waals surface area contributed by atoms with E-state index in [-0.39, 0.29) is 23.4 Å². The Morgan fingerprint density at radius 3 is 2.55 bits per heavy atom. The number of carbonyl (C=O) groups excluding carboxylic acids is 1. The summed E-state index contributed by atoms with van der Waals surface area (Å²) in [4.78, 5) is 28.3. The van der Waals surface area contributed by atoms with Crippen LogP contribution in [-0.4, -0.2) is 46.8 Å². The van der Waals surface area contributed by atoms with Gasteiger partial charge in [0.25, 0.3) is 5.56 Å². The van der Waals surface area contributed by atoms with E-state index in [0.717, 1.165) is 31.6 Å². The number of amides is 1. The van der Waals surface area contributed by atoms with Gasteiger partial charge in [-0.2, -0.15) is 5.10 Å². The van der Waals surface area contributed by atoms with Crippen LogP contribution >= 0.6 is 15.9 Å². The largest absolute Gasteiger partial charge is 0.369 e. The van der Waals surface area contributed by atoms with Gasteiger partial charge >= 0.3 is 0 Å². The first kappa shape index (κ1) is 17.0. The fourth-order valence-electron chi connectivity index (χ4n) is 2.63. The highest BCUT2D eigenvalue weighted by atomic mass is 79.9. The first-order chi connectivity index (χ1) is 10.3. The van der Waals surface area contributed by atoms with Crippen LogP contribution in [0.25, 0.3) is 0 Å². The van der Waals surface area contributed by atoms with Gasteiger partial charge in [0.1, 0.15) is 4.47 Å². The summed E-state index contributed by atoms with van der Waals surface area (Å²) < 4.78 is 1.84. The van der Waals surface area contributed by atoms with Crippen LogP contribution in [0.1, 0.15) is 26.7 Å². The molecule has 7 heteroatoms. The number of nitrogens with zero attached hydrogens (tertiary/aromatic N) is 4. The van der Waals surface area contributed by atoms with Gasteiger partial charge < -0.3 is 9.80 Å². The second-order valence-corrected chi connectivity index (χ2v) is 6.87. The predicted octanol–water partition coefficient (Wildman–Crippen LogP) is 1.63. The highest BCUT2D eigenvalue weighted by molar-refractivity contribution is 9.10. The summed E-state index contributed by atoms with van der Waals surface area (Å²) in [5.74, 6) is 0.290. The maximum Gasteiger partial charge on any atom is 0.282 e. The lowest BCUT2D eigenvalue weighted by Gasteiger charge is -2.35. The molecular weight excluding hydrogens is 348 g/mol. The number of hydrogen-bond donors (Lipinski definition) is 0. The monoisotopic (exact) mass is 370 g/mol. The van der Waals surface area contributed by atoms with E-state index in [0.29, 0.717) is 4.47 Å². The number of halogens is 1. The third-order valence-corrected chi connectivity index (χ3v) is 5.11. The second-order valence-electron chi connectivity index (χ2n) is 6.08. The van der Waals surface area contributed by atoms with E-state index in [9.17, 15) is 9.59 Å². The zero-order chi connectivity index (χ0) is 16.4. The summed E-state index contributed by atoms with van der Waals surface area (Å²) in [5, 5.41) is 4.08. The number of rotatable bonds is 3. The Morgan fingerprint density at radius 1 is 1.41 bits per heavy atom. The lowest BCUT2D eigenvalue weighted by molar-refractivity contribution is -0.136. The van der Waals surface area contributed by atoms with Crippen LogP contribution in [0.3, 0.4) is 0 Å². The van der Waals surface area contributed by atoms with Crippen molar-refractivity contribution in [3.8, 4) is 0 Å². The first-order valence-electron chi connectivity index (χ1n) is 7.56. The topological polar surface area (TPSA) is 58.4 Å². The molecule has 122 valence electrons. The van der Waals surface area contributed by atoms with E-state index in [2.05, 4.69) is 25.9 Å². The molecule has 0 bridgehead atoms. The summed E-state index contributed by atoms with van der Waals surface area (Å²) >= 11 is 3.36. The highest BCUT2D eigenvalue weighted by Crippen LogP contribution is 2.27. The Morgan fingerprint density at radius 2 is 2.00 bits per heavy atom. The smallest absolute Gasteiger partial charge is 0.282 e. The molecule has 0 aromatic carbocycles. The lowest BCUT2D eigenvalue weighted by atomic mass is 9.94. The fraction of sp³-hybridized carbons (Fsp3) is 0.667. The summed E-state index contributed by atoms with van der Waals surface area (Å²) in [7, 11) is 3.49. The molecule has 2 heterocycles. The third kappa shape index (κ3) is 3.34. The zero-order valence-corrected chi connectivity index (χ0v) is 15.1. The van der Waals surface area contributed by atoms with Crippen molar-refractivity contribution in [1.82, 2.24) is 14.7 Å². The van der Waals surface area contributed by atoms with Crippen molar-refractivity contribution >= 4 is 27.5 Å². The van der Waals surface area contributed by atoms with Gasteiger partial charge in [-0.15, -0.1) is 0 Å². The van der Waals surface area contributed by atoms with Crippen molar-refractivity contribution in [3.05, 3.63) is 21.0 Å². The summed E-state index contributed by atoms with van der Waals surface area (Å²) in [5.41, 5.74) is 0.668. The molecule has 22 heavy (non-hydrogen) atoms. The quantitative estimate of drug-likeness (QED) is 0.811. The van der Waals surface area contributed by atoms with Crippen molar-refractivity contribution in [2.24, 2.45) is 13.0 Å². The molecule has 1 saturated heterocycles. The lowest BCUT2D eigenvalue weighted by Crippen LogP contribution is -2.43. The number of piperidine rings is 1. The van der Waals surface area contributed by atoms with Crippen LogP contribution in [0.5, 0.6) is 0 Å². The summed E-state index contributed by atoms with van der Waals surface area (Å²) in [6.07, 6.45) is 3.31. The molecule has 6 nitrogen and oxygen atoms in total. The first-order valence-corrected chi connectivity index (χ1v) is 8.35. The molecule has 0 atom stereocenters. The van der Waals surface area contributed by atoms with Gasteiger partial charge in [0.2, 0.25) is 5.91 Å². The van der Waals surface area contributed by atoms with Crippen molar-refractivity contribution in [3.63, 3.8) is 0 Å². The van der Waals surface area contributed by atoms with Gasteiger partial charge in [-0.05, 0) is 42.6 Å². The second kappa shape index (κ2) is 6.81. The molecule has 1 aliphatic heterocycles. The van der Waals surface area contributed by atoms with E-state index < -0.39 is 0 Å². The molecule has 1 aromatic rings. The van der Waals surface area contributed by atoms with Crippen LogP contribution < -0.4 is 10.5 Å². The Hall–Kier alpha value is -1.37. The molecule has 2 rings (SSSR count). The van der Waals surface area contributed by atoms with Gasteiger partial charge in [0, 0.05) is 39.1 Å². The number of aromatic nitrogens is 2. The van der Waals surface area contributed by atoms with E-state index in [1.807, 2.05) is 25.8 Å². The molecule has 1 amide bonds. The summed E-state index contributed by atoms with van der Waals surface area (Å²) in [6.45, 7) is 5.57. The number of anilines is 1. The molecule has 1 aromatic heterocycles. The average molecular weight is 371 g/mol. The van der Waals surface area contributed by atoms with Crippen LogP contribution in [0.15, 0.2) is 15.5 Å². The van der Waals surface area contributed by atoms with Crippen molar-refractivity contribution < 1.29 is 4.79 Å². The average Bonchev–Trinajstić information content (AvgIpc) is 2.51. The minimum Gasteiger partial charge on any atom is -0.369 e. The normalized spacial score (nSPS) is 16.2. The van der Waals surface area contributed by atoms with Gasteiger partial charge in [-0.1, -0.05) is 0 Å². The van der Waals surface area contributed by atoms with Gasteiger partial charge in [0.15, 0.2) is 0 Å². The highest BCUT2D eigenvalue weighted by Gasteiger charge is 2.29. The molecule has 0 unspecified atom stereocenters. The minimum atomic E-state index is -0.143. The zero-order valence-electron chi connectivity index (χ0n) is 13.5. The van der Waals surface area contributed by atoms with Gasteiger partial charge in [0.05, 0.1) is 11.9 Å². The van der Waals surface area contributed by atoms with E-state index in [4.69, 9.17) is 0 Å². The fourth-order valence-corrected chi connectivity index (χ4v) is 3.24. The van der Waals surface area contributed by atoms with E-state index in [1.54, 1.807) is 13.2 Å². The van der Waals surface area contributed by atoms with E-state index in [1.165, 1.54) is 4.68 Å². The van der Waals surface area contributed by atoms with Gasteiger partial charge in [-0.25, -0.2) is 4.68 Å². The molecular formula is C15H23BrN4O2. The van der Waals surface area contributed by atoms with Crippen molar-refractivity contribution in [1.29, 1.82) is 0 Å². The van der Waals surface area contributed by atoms with Crippen LogP contribution in [-0.2, 0) is 11.8 Å². The third-order valence-electron chi connectivity index (χ3n) is 4.37. The Kier molecular flexibility index (Phi) is 5.26. The number of hydrogen-bond acceptors (Lipinski definition) is 4. The van der Waals surface area contributed by atoms with Crippen LogP contribution in [0.2, 0.25) is 0 Å². The molecule has 0 spiro atoms. The molecule has 0 saturated carbocycles. The van der Waals surface area contributed by atoms with Crippen molar-refractivity contribution in [2.75, 3.05) is 25.0 Å². The Bertz CT molecular complexity index is 606. The SMILES string of the molecule is CC(C)N(C)C(=O)C1CCN(c2cnn(C)c(=O)c2Br)CC1. The van der Waals surface area contributed by atoms with Crippen LogP contribution in [0.4, 0.5) is 5.69 Å². The molecule has 0 radical (unpaired) electrons. The minimum absolute atomic E-state index is 0.0712. The van der Waals surface area contributed by atoms with Crippen molar-refractivity contribution in [2.45, 2.75) is 32.7 Å². The number of carbonyl (C=O) groups is 1. The maximum absolute atomic E-state index is 12.4. The maximum atomic E-state index is 12.4. The molecule has 0 aliphatic carbocycles. The van der Waals surface area contributed by atoms with Gasteiger partial charge in [-0.3, -0.25) is 9.59 Å². The van der Waals surface area contributed by atoms with Crippen LogP contribution in [0, 0.1) is 5.92 Å². The molecule has 0 N–H and O–H groups in total. The standard InChI is InChI=1S/C15H23BrN4O2/c1-10(2)18(3)14(21)11-5-7-20(8-6-11)12-9-17-19(4)15(22)13(12)16/h9-11H,5-8H2,1-4H3. The Balaban J connectivity index is 2.05. The van der Waals surface area contributed by atoms with E-state index >= 15 is 0 Å².